The lowest BCUT2D eigenvalue weighted by Crippen LogP contribution is -2.53. The molecular weight excluding hydrogens is 276 g/mol. The summed E-state index contributed by atoms with van der Waals surface area (Å²) in [6.45, 7) is 8.66. The molecule has 5 heteroatoms. The second-order valence-electron chi connectivity index (χ2n) is 5.15. The molecule has 0 bridgehead atoms. The van der Waals surface area contributed by atoms with Crippen LogP contribution >= 0.6 is 12.4 Å². The first-order valence-electron chi connectivity index (χ1n) is 6.79. The average molecular weight is 299 g/mol. The molecule has 4 nitrogen and oxygen atoms in total. The number of aryl methyl sites for hydroxylation is 2. The van der Waals surface area contributed by atoms with Crippen molar-refractivity contribution < 1.29 is 9.53 Å². The number of hydrogen-bond donors (Lipinski definition) is 1. The fourth-order valence-corrected chi connectivity index (χ4v) is 2.46. The topological polar surface area (TPSA) is 41.6 Å². The first-order valence-corrected chi connectivity index (χ1v) is 6.79. The van der Waals surface area contributed by atoms with Crippen molar-refractivity contribution in [3.63, 3.8) is 0 Å². The van der Waals surface area contributed by atoms with Gasteiger partial charge in [-0.25, -0.2) is 0 Å². The third kappa shape index (κ3) is 3.87. The molecule has 1 N–H and O–H groups in total. The average Bonchev–Trinajstić information content (AvgIpc) is 2.38. The summed E-state index contributed by atoms with van der Waals surface area (Å²) in [5.74, 6) is 0.898. The van der Waals surface area contributed by atoms with Crippen LogP contribution in [0.1, 0.15) is 18.1 Å². The summed E-state index contributed by atoms with van der Waals surface area (Å²) in [4.78, 5) is 14.1. The van der Waals surface area contributed by atoms with E-state index in [1.54, 1.807) is 0 Å². The Balaban J connectivity index is 0.00000200. The van der Waals surface area contributed by atoms with E-state index >= 15 is 0 Å². The maximum Gasteiger partial charge on any atom is 0.260 e. The van der Waals surface area contributed by atoms with E-state index in [2.05, 4.69) is 12.2 Å². The molecule has 0 aromatic heterocycles. The number of halogens is 1. The van der Waals surface area contributed by atoms with Gasteiger partial charge in [0.25, 0.3) is 5.91 Å². The predicted octanol–water partition coefficient (Wildman–Crippen LogP) is 1.92. The Hall–Kier alpha value is -1.26. The molecule has 0 unspecified atom stereocenters. The van der Waals surface area contributed by atoms with Crippen LogP contribution in [-0.4, -0.2) is 43.1 Å². The van der Waals surface area contributed by atoms with Gasteiger partial charge in [-0.1, -0.05) is 18.2 Å². The van der Waals surface area contributed by atoms with E-state index in [1.165, 1.54) is 0 Å². The van der Waals surface area contributed by atoms with E-state index in [1.807, 2.05) is 36.9 Å². The van der Waals surface area contributed by atoms with E-state index in [-0.39, 0.29) is 31.0 Å². The zero-order valence-corrected chi connectivity index (χ0v) is 13.1. The Morgan fingerprint density at radius 3 is 2.65 bits per heavy atom. The van der Waals surface area contributed by atoms with Crippen LogP contribution in [0.4, 0.5) is 0 Å². The number of nitrogens with zero attached hydrogens (tertiary/aromatic N) is 1. The summed E-state index contributed by atoms with van der Waals surface area (Å²) >= 11 is 0. The van der Waals surface area contributed by atoms with Crippen LogP contribution in [0.2, 0.25) is 0 Å². The molecule has 0 spiro atoms. The van der Waals surface area contributed by atoms with E-state index < -0.39 is 0 Å². The summed E-state index contributed by atoms with van der Waals surface area (Å²) in [7, 11) is 0. The van der Waals surface area contributed by atoms with E-state index in [4.69, 9.17) is 4.74 Å². The Kier molecular flexibility index (Phi) is 6.30. The largest absolute Gasteiger partial charge is 0.483 e. The standard InChI is InChI=1S/C15H22N2O2.ClH/c1-11-5-4-6-12(2)15(11)19-10-14(18)17-8-7-16-9-13(17)3;/h4-6,13,16H,7-10H2,1-3H3;1H/t13-;/m0./s1. The number of hydrogen-bond acceptors (Lipinski definition) is 3. The van der Waals surface area contributed by atoms with Crippen LogP contribution in [0.3, 0.4) is 0 Å². The van der Waals surface area contributed by atoms with Crippen molar-refractivity contribution in [1.82, 2.24) is 10.2 Å². The van der Waals surface area contributed by atoms with Crippen molar-refractivity contribution >= 4 is 18.3 Å². The van der Waals surface area contributed by atoms with Gasteiger partial charge in [-0.15, -0.1) is 12.4 Å². The number of amides is 1. The second kappa shape index (κ2) is 7.50. The number of carbonyl (C=O) groups excluding carboxylic acids is 1. The number of ether oxygens (including phenoxy) is 1. The summed E-state index contributed by atoms with van der Waals surface area (Å²) in [6, 6.07) is 6.24. The zero-order chi connectivity index (χ0) is 13.8. The molecule has 1 fully saturated rings. The highest BCUT2D eigenvalue weighted by Gasteiger charge is 2.23. The molecule has 112 valence electrons. The molecule has 1 atom stereocenters. The number of piperazine rings is 1. The molecule has 0 aliphatic carbocycles. The van der Waals surface area contributed by atoms with Gasteiger partial charge >= 0.3 is 0 Å². The van der Waals surface area contributed by atoms with Crippen molar-refractivity contribution in [1.29, 1.82) is 0 Å². The van der Waals surface area contributed by atoms with Crippen molar-refractivity contribution in [2.75, 3.05) is 26.2 Å². The summed E-state index contributed by atoms with van der Waals surface area (Å²) < 4.78 is 5.72. The minimum absolute atomic E-state index is 0. The highest BCUT2D eigenvalue weighted by molar-refractivity contribution is 5.85. The minimum Gasteiger partial charge on any atom is -0.483 e. The van der Waals surface area contributed by atoms with Crippen LogP contribution in [0.15, 0.2) is 18.2 Å². The first-order chi connectivity index (χ1) is 9.09. The van der Waals surface area contributed by atoms with Gasteiger partial charge in [-0.2, -0.15) is 0 Å². The van der Waals surface area contributed by atoms with E-state index in [9.17, 15) is 4.79 Å². The van der Waals surface area contributed by atoms with Crippen molar-refractivity contribution in [2.45, 2.75) is 26.8 Å². The molecule has 20 heavy (non-hydrogen) atoms. The highest BCUT2D eigenvalue weighted by Crippen LogP contribution is 2.22. The summed E-state index contributed by atoms with van der Waals surface area (Å²) in [5, 5.41) is 3.28. The van der Waals surface area contributed by atoms with Gasteiger partial charge in [-0.05, 0) is 31.9 Å². The minimum atomic E-state index is 0. The van der Waals surface area contributed by atoms with Gasteiger partial charge in [0, 0.05) is 25.7 Å². The third-order valence-corrected chi connectivity index (χ3v) is 3.57. The van der Waals surface area contributed by atoms with Crippen molar-refractivity contribution in [3.05, 3.63) is 29.3 Å². The lowest BCUT2D eigenvalue weighted by atomic mass is 10.1. The van der Waals surface area contributed by atoms with Crippen LogP contribution in [-0.2, 0) is 4.79 Å². The monoisotopic (exact) mass is 298 g/mol. The Morgan fingerprint density at radius 1 is 1.40 bits per heavy atom. The quantitative estimate of drug-likeness (QED) is 0.927. The van der Waals surface area contributed by atoms with Crippen LogP contribution in [0, 0.1) is 13.8 Å². The molecule has 1 aliphatic heterocycles. The van der Waals surface area contributed by atoms with Gasteiger partial charge in [0.05, 0.1) is 0 Å². The van der Waals surface area contributed by atoms with Gasteiger partial charge in [-0.3, -0.25) is 4.79 Å². The Labute approximate surface area is 126 Å². The molecule has 1 saturated heterocycles. The molecule has 1 aromatic carbocycles. The normalized spacial score (nSPS) is 18.4. The molecule has 1 amide bonds. The van der Waals surface area contributed by atoms with Gasteiger partial charge in [0.1, 0.15) is 5.75 Å². The zero-order valence-electron chi connectivity index (χ0n) is 12.3. The van der Waals surface area contributed by atoms with E-state index in [0.29, 0.717) is 0 Å². The number of rotatable bonds is 3. The van der Waals surface area contributed by atoms with Gasteiger partial charge < -0.3 is 15.0 Å². The van der Waals surface area contributed by atoms with Crippen LogP contribution < -0.4 is 10.1 Å². The molecular formula is C15H23ClN2O2. The molecule has 1 aromatic rings. The SMILES string of the molecule is Cc1cccc(C)c1OCC(=O)N1CCNC[C@@H]1C.Cl. The number of nitrogens with one attached hydrogen (secondary N) is 1. The molecule has 1 heterocycles. The molecule has 1 aliphatic rings. The van der Waals surface area contributed by atoms with Gasteiger partial charge in [0.15, 0.2) is 6.61 Å². The molecule has 0 saturated carbocycles. The predicted molar refractivity (Wildman–Crippen MR) is 82.7 cm³/mol. The fourth-order valence-electron chi connectivity index (χ4n) is 2.46. The lowest BCUT2D eigenvalue weighted by Gasteiger charge is -2.33. The second-order valence-corrected chi connectivity index (χ2v) is 5.15. The van der Waals surface area contributed by atoms with E-state index in [0.717, 1.165) is 36.5 Å². The highest BCUT2D eigenvalue weighted by atomic mass is 35.5. The number of para-hydroxylation sites is 1. The fraction of sp³-hybridized carbons (Fsp3) is 0.533. The number of benzene rings is 1. The lowest BCUT2D eigenvalue weighted by molar-refractivity contribution is -0.136. The molecule has 2 rings (SSSR count). The third-order valence-electron chi connectivity index (χ3n) is 3.57. The Bertz CT molecular complexity index is 445. The van der Waals surface area contributed by atoms with Crippen LogP contribution in [0.5, 0.6) is 5.75 Å². The van der Waals surface area contributed by atoms with Crippen molar-refractivity contribution in [3.8, 4) is 5.75 Å². The van der Waals surface area contributed by atoms with Gasteiger partial charge in [0.2, 0.25) is 0 Å². The smallest absolute Gasteiger partial charge is 0.260 e. The Morgan fingerprint density at radius 2 is 2.05 bits per heavy atom. The van der Waals surface area contributed by atoms with Crippen molar-refractivity contribution in [2.24, 2.45) is 0 Å². The molecule has 0 radical (unpaired) electrons. The maximum atomic E-state index is 12.2. The maximum absolute atomic E-state index is 12.2. The summed E-state index contributed by atoms with van der Waals surface area (Å²) in [5.41, 5.74) is 2.14. The first kappa shape index (κ1) is 16.8. The number of carbonyl (C=O) groups is 1. The summed E-state index contributed by atoms with van der Waals surface area (Å²) in [6.07, 6.45) is 0. The van der Waals surface area contributed by atoms with Crippen LogP contribution in [0.25, 0.3) is 0 Å².